The van der Waals surface area contributed by atoms with Gasteiger partial charge >= 0.3 is 0 Å². The van der Waals surface area contributed by atoms with Gasteiger partial charge in [-0.05, 0) is 18.2 Å². The Balaban J connectivity index is 1.88. The van der Waals surface area contributed by atoms with E-state index in [1.54, 1.807) is 6.07 Å². The zero-order chi connectivity index (χ0) is 14.4. The number of imidazole rings is 1. The van der Waals surface area contributed by atoms with Crippen molar-refractivity contribution in [1.82, 2.24) is 9.97 Å². The Kier molecular flexibility index (Phi) is 2.44. The van der Waals surface area contributed by atoms with Gasteiger partial charge in [-0.15, -0.1) is 0 Å². The maximum atomic E-state index is 9.90. The Morgan fingerprint density at radius 1 is 1.00 bits per heavy atom. The number of fused-ring (bicyclic) bond motifs is 2. The third-order valence-corrected chi connectivity index (χ3v) is 3.38. The largest absolute Gasteiger partial charge is 0.508 e. The summed E-state index contributed by atoms with van der Waals surface area (Å²) in [5, 5.41) is 19.5. The Labute approximate surface area is 119 Å². The molecule has 21 heavy (non-hydrogen) atoms. The molecule has 0 atom stereocenters. The van der Waals surface area contributed by atoms with E-state index in [4.69, 9.17) is 9.47 Å². The predicted octanol–water partition coefficient (Wildman–Crippen LogP) is 2.41. The van der Waals surface area contributed by atoms with E-state index >= 15 is 0 Å². The number of hydrogen-bond acceptors (Lipinski definition) is 5. The topological polar surface area (TPSA) is 87.6 Å². The summed E-state index contributed by atoms with van der Waals surface area (Å²) in [6, 6.07) is 7.92. The Morgan fingerprint density at radius 3 is 2.57 bits per heavy atom. The van der Waals surface area contributed by atoms with Crippen molar-refractivity contribution < 1.29 is 19.7 Å². The van der Waals surface area contributed by atoms with E-state index in [0.717, 1.165) is 5.52 Å². The molecule has 3 N–H and O–H groups in total. The van der Waals surface area contributed by atoms with Crippen LogP contribution < -0.4 is 9.47 Å². The number of aromatic hydroxyl groups is 2. The van der Waals surface area contributed by atoms with Crippen molar-refractivity contribution in [3.8, 4) is 34.4 Å². The Bertz CT molecular complexity index is 798. The fourth-order valence-corrected chi connectivity index (χ4v) is 2.39. The van der Waals surface area contributed by atoms with Gasteiger partial charge in [0.2, 0.25) is 0 Å². The van der Waals surface area contributed by atoms with E-state index < -0.39 is 0 Å². The van der Waals surface area contributed by atoms with Crippen LogP contribution in [-0.4, -0.2) is 33.4 Å². The third-order valence-electron chi connectivity index (χ3n) is 3.38. The molecular formula is C15H12N2O4. The zero-order valence-electron chi connectivity index (χ0n) is 11.0. The van der Waals surface area contributed by atoms with Gasteiger partial charge in [-0.3, -0.25) is 0 Å². The summed E-state index contributed by atoms with van der Waals surface area (Å²) in [5.41, 5.74) is 1.92. The van der Waals surface area contributed by atoms with Crippen LogP contribution in [0.3, 0.4) is 0 Å². The zero-order valence-corrected chi connectivity index (χ0v) is 11.0. The molecule has 0 fully saturated rings. The summed E-state index contributed by atoms with van der Waals surface area (Å²) in [5.74, 6) is 1.91. The first-order chi connectivity index (χ1) is 10.2. The molecular weight excluding hydrogens is 272 g/mol. The molecule has 0 saturated carbocycles. The second-order valence-corrected chi connectivity index (χ2v) is 4.80. The lowest BCUT2D eigenvalue weighted by Crippen LogP contribution is -2.15. The molecule has 0 radical (unpaired) electrons. The van der Waals surface area contributed by atoms with E-state index in [9.17, 15) is 10.2 Å². The number of rotatable bonds is 1. The second-order valence-electron chi connectivity index (χ2n) is 4.80. The van der Waals surface area contributed by atoms with Crippen LogP contribution in [-0.2, 0) is 0 Å². The Morgan fingerprint density at radius 2 is 1.76 bits per heavy atom. The average Bonchev–Trinajstić information content (AvgIpc) is 2.89. The van der Waals surface area contributed by atoms with Gasteiger partial charge in [0.25, 0.3) is 0 Å². The third kappa shape index (κ3) is 1.92. The minimum absolute atomic E-state index is 0.0455. The fraction of sp³-hybridized carbons (Fsp3) is 0.133. The number of hydrogen-bond donors (Lipinski definition) is 3. The number of nitrogens with zero attached hydrogens (tertiary/aromatic N) is 1. The van der Waals surface area contributed by atoms with Gasteiger partial charge in [-0.25, -0.2) is 4.98 Å². The average molecular weight is 284 g/mol. The number of phenolic OH excluding ortho intramolecular Hbond substituents is 2. The number of aromatic nitrogens is 2. The van der Waals surface area contributed by atoms with Crippen LogP contribution in [0.25, 0.3) is 22.4 Å². The molecule has 2 aromatic carbocycles. The number of aromatic amines is 1. The first-order valence-corrected chi connectivity index (χ1v) is 6.52. The van der Waals surface area contributed by atoms with Crippen LogP contribution in [0.1, 0.15) is 0 Å². The lowest BCUT2D eigenvalue weighted by Gasteiger charge is -2.17. The van der Waals surface area contributed by atoms with Gasteiger partial charge < -0.3 is 24.7 Å². The summed E-state index contributed by atoms with van der Waals surface area (Å²) in [6.45, 7) is 1.04. The van der Waals surface area contributed by atoms with Crippen molar-refractivity contribution in [3.63, 3.8) is 0 Å². The van der Waals surface area contributed by atoms with Crippen LogP contribution in [0.5, 0.6) is 23.0 Å². The van der Waals surface area contributed by atoms with E-state index in [1.807, 2.05) is 6.07 Å². The highest BCUT2D eigenvalue weighted by molar-refractivity contribution is 5.84. The van der Waals surface area contributed by atoms with E-state index in [2.05, 4.69) is 9.97 Å². The number of nitrogens with one attached hydrogen (secondary N) is 1. The summed E-state index contributed by atoms with van der Waals surface area (Å²) in [6.07, 6.45) is 0. The van der Waals surface area contributed by atoms with Crippen molar-refractivity contribution in [3.05, 3.63) is 30.3 Å². The van der Waals surface area contributed by atoms with Crippen LogP contribution in [0.15, 0.2) is 30.3 Å². The number of phenols is 2. The second kappa shape index (κ2) is 4.31. The molecule has 4 rings (SSSR count). The molecule has 0 aliphatic carbocycles. The molecule has 106 valence electrons. The van der Waals surface area contributed by atoms with Gasteiger partial charge in [-0.2, -0.15) is 0 Å². The van der Waals surface area contributed by atoms with Crippen molar-refractivity contribution >= 4 is 11.0 Å². The highest BCUT2D eigenvalue weighted by atomic mass is 16.6. The normalized spacial score (nSPS) is 13.5. The Hall–Kier alpha value is -2.89. The highest BCUT2D eigenvalue weighted by Crippen LogP contribution is 2.36. The molecule has 0 unspecified atom stereocenters. The fourth-order valence-electron chi connectivity index (χ4n) is 2.39. The summed E-state index contributed by atoms with van der Waals surface area (Å²) < 4.78 is 11.0. The van der Waals surface area contributed by atoms with Gasteiger partial charge in [-0.1, -0.05) is 0 Å². The van der Waals surface area contributed by atoms with Gasteiger partial charge in [0.15, 0.2) is 11.5 Å². The van der Waals surface area contributed by atoms with Crippen molar-refractivity contribution in [1.29, 1.82) is 0 Å². The van der Waals surface area contributed by atoms with Crippen molar-refractivity contribution in [2.75, 3.05) is 13.2 Å². The predicted molar refractivity (Wildman–Crippen MR) is 75.8 cm³/mol. The van der Waals surface area contributed by atoms with Crippen LogP contribution in [0, 0.1) is 0 Å². The summed E-state index contributed by atoms with van der Waals surface area (Å²) in [7, 11) is 0. The van der Waals surface area contributed by atoms with Crippen LogP contribution in [0.2, 0.25) is 0 Å². The lowest BCUT2D eigenvalue weighted by atomic mass is 10.2. The van der Waals surface area contributed by atoms with Gasteiger partial charge in [0.1, 0.15) is 30.5 Å². The van der Waals surface area contributed by atoms with Crippen molar-refractivity contribution in [2.24, 2.45) is 0 Å². The minimum Gasteiger partial charge on any atom is -0.508 e. The molecule has 0 spiro atoms. The number of ether oxygens (including phenoxy) is 2. The first-order valence-electron chi connectivity index (χ1n) is 6.52. The van der Waals surface area contributed by atoms with Crippen molar-refractivity contribution in [2.45, 2.75) is 0 Å². The maximum Gasteiger partial charge on any atom is 0.163 e. The van der Waals surface area contributed by atoms with E-state index in [-0.39, 0.29) is 11.5 Å². The molecule has 1 aliphatic rings. The molecule has 1 aliphatic heterocycles. The molecule has 2 heterocycles. The number of benzene rings is 2. The number of H-pyrrole nitrogens is 1. The SMILES string of the molecule is Oc1ccc(O)c(-c2nc3cc4c(cc3[nH]2)OCCO4)c1. The molecule has 1 aromatic heterocycles. The van der Waals surface area contributed by atoms with Crippen LogP contribution >= 0.6 is 0 Å². The smallest absolute Gasteiger partial charge is 0.163 e. The molecule has 6 heteroatoms. The summed E-state index contributed by atoms with van der Waals surface area (Å²) in [4.78, 5) is 7.54. The molecule has 0 amide bonds. The van der Waals surface area contributed by atoms with E-state index in [1.165, 1.54) is 18.2 Å². The monoisotopic (exact) mass is 284 g/mol. The minimum atomic E-state index is 0.0455. The maximum absolute atomic E-state index is 9.90. The quantitative estimate of drug-likeness (QED) is 0.597. The molecule has 6 nitrogen and oxygen atoms in total. The molecule has 3 aromatic rings. The lowest BCUT2D eigenvalue weighted by molar-refractivity contribution is 0.172. The standard InChI is InChI=1S/C15H12N2O4/c18-8-1-2-12(19)9(5-8)15-16-10-6-13-14(7-11(10)17-15)21-4-3-20-13/h1-2,5-7,18-19H,3-4H2,(H,16,17). The summed E-state index contributed by atoms with van der Waals surface area (Å²) >= 11 is 0. The van der Waals surface area contributed by atoms with Crippen LogP contribution in [0.4, 0.5) is 0 Å². The molecule has 0 bridgehead atoms. The van der Waals surface area contributed by atoms with E-state index in [0.29, 0.717) is 41.6 Å². The first kappa shape index (κ1) is 11.9. The van der Waals surface area contributed by atoms with Gasteiger partial charge in [0, 0.05) is 12.1 Å². The molecule has 0 saturated heterocycles. The highest BCUT2D eigenvalue weighted by Gasteiger charge is 2.16. The van der Waals surface area contributed by atoms with Gasteiger partial charge in [0.05, 0.1) is 16.6 Å².